The average molecular weight is 425 g/mol. The molecule has 0 amide bonds. The molecule has 1 aliphatic rings. The van der Waals surface area contributed by atoms with E-state index in [2.05, 4.69) is 27.0 Å². The van der Waals surface area contributed by atoms with Gasteiger partial charge in [0.25, 0.3) is 0 Å². The van der Waals surface area contributed by atoms with Gasteiger partial charge in [-0.15, -0.1) is 0 Å². The maximum atomic E-state index is 6.01. The highest BCUT2D eigenvalue weighted by atomic mass is 16.5. The van der Waals surface area contributed by atoms with Gasteiger partial charge in [-0.2, -0.15) is 0 Å². The lowest BCUT2D eigenvalue weighted by atomic mass is 10.1. The number of ether oxygens (including phenoxy) is 2. The molecule has 0 spiro atoms. The van der Waals surface area contributed by atoms with Gasteiger partial charge in [0.1, 0.15) is 23.4 Å². The van der Waals surface area contributed by atoms with Gasteiger partial charge in [-0.25, -0.2) is 9.97 Å². The maximum absolute atomic E-state index is 6.01. The van der Waals surface area contributed by atoms with Crippen LogP contribution in [-0.4, -0.2) is 34.1 Å². The van der Waals surface area contributed by atoms with Crippen LogP contribution in [0.5, 0.6) is 17.4 Å². The van der Waals surface area contributed by atoms with Gasteiger partial charge in [-0.1, -0.05) is 30.3 Å². The van der Waals surface area contributed by atoms with Crippen LogP contribution in [0.1, 0.15) is 5.56 Å². The summed E-state index contributed by atoms with van der Waals surface area (Å²) in [4.78, 5) is 10.8. The lowest BCUT2D eigenvalue weighted by Gasteiger charge is -2.38. The van der Waals surface area contributed by atoms with E-state index >= 15 is 0 Å². The number of aromatic nitrogens is 2. The van der Waals surface area contributed by atoms with E-state index in [1.807, 2.05) is 66.7 Å². The van der Waals surface area contributed by atoms with Crippen molar-refractivity contribution in [2.24, 2.45) is 0 Å². The van der Waals surface area contributed by atoms with Gasteiger partial charge in [0, 0.05) is 43.7 Å². The molecule has 2 aromatic heterocycles. The maximum Gasteiger partial charge on any atom is 0.213 e. The van der Waals surface area contributed by atoms with Crippen LogP contribution >= 0.6 is 0 Å². The predicted octanol–water partition coefficient (Wildman–Crippen LogP) is 4.78. The van der Waals surface area contributed by atoms with Crippen LogP contribution < -0.4 is 15.2 Å². The standard InChI is InChI=1S/C26H24N4O2/c27-25-14-20(12-13-28-25)21-8-11-26(29-15-21)32-24-17-30(18-24)16-19-6-9-23(10-7-19)31-22-4-2-1-3-5-22/h1-15,24H,16-18H2,(H2,27,28). The summed E-state index contributed by atoms with van der Waals surface area (Å²) in [5.74, 6) is 2.82. The van der Waals surface area contributed by atoms with Crippen molar-refractivity contribution in [3.63, 3.8) is 0 Å². The molecule has 160 valence electrons. The molecule has 1 aliphatic heterocycles. The highest BCUT2D eigenvalue weighted by Crippen LogP contribution is 2.25. The molecule has 6 heteroatoms. The van der Waals surface area contributed by atoms with Gasteiger partial charge in [-0.05, 0) is 53.6 Å². The minimum atomic E-state index is 0.158. The monoisotopic (exact) mass is 424 g/mol. The van der Waals surface area contributed by atoms with E-state index in [-0.39, 0.29) is 6.10 Å². The summed E-state index contributed by atoms with van der Waals surface area (Å²) in [7, 11) is 0. The summed E-state index contributed by atoms with van der Waals surface area (Å²) >= 11 is 0. The smallest absolute Gasteiger partial charge is 0.213 e. The average Bonchev–Trinajstić information content (AvgIpc) is 2.80. The molecular weight excluding hydrogens is 400 g/mol. The van der Waals surface area contributed by atoms with Crippen molar-refractivity contribution in [1.82, 2.24) is 14.9 Å². The molecule has 1 saturated heterocycles. The molecule has 2 aromatic carbocycles. The molecule has 0 atom stereocenters. The Bertz CT molecular complexity index is 1160. The van der Waals surface area contributed by atoms with Crippen LogP contribution in [0.3, 0.4) is 0 Å². The summed E-state index contributed by atoms with van der Waals surface area (Å²) < 4.78 is 11.9. The highest BCUT2D eigenvalue weighted by Gasteiger charge is 2.28. The minimum absolute atomic E-state index is 0.158. The van der Waals surface area contributed by atoms with E-state index in [0.717, 1.165) is 42.3 Å². The van der Waals surface area contributed by atoms with E-state index in [1.54, 1.807) is 12.4 Å². The number of nitrogens with two attached hydrogens (primary N) is 1. The number of nitrogen functional groups attached to an aromatic ring is 1. The number of likely N-dealkylation sites (tertiary alicyclic amines) is 1. The number of rotatable bonds is 7. The molecule has 0 bridgehead atoms. The van der Waals surface area contributed by atoms with Crippen LogP contribution in [0.4, 0.5) is 5.82 Å². The summed E-state index contributed by atoms with van der Waals surface area (Å²) in [6, 6.07) is 25.7. The molecular formula is C26H24N4O2. The topological polar surface area (TPSA) is 73.5 Å². The minimum Gasteiger partial charge on any atom is -0.472 e. The number of benzene rings is 2. The third-order valence-electron chi connectivity index (χ3n) is 5.37. The molecule has 3 heterocycles. The zero-order valence-corrected chi connectivity index (χ0v) is 17.6. The van der Waals surface area contributed by atoms with Crippen LogP contribution in [0.25, 0.3) is 11.1 Å². The second-order valence-corrected chi connectivity index (χ2v) is 7.85. The fraction of sp³-hybridized carbons (Fsp3) is 0.154. The van der Waals surface area contributed by atoms with Crippen LogP contribution in [0.2, 0.25) is 0 Å². The SMILES string of the molecule is Nc1cc(-c2ccc(OC3CN(Cc4ccc(Oc5ccccc5)cc4)C3)nc2)ccn1. The van der Waals surface area contributed by atoms with Crippen molar-refractivity contribution in [3.8, 4) is 28.5 Å². The Morgan fingerprint density at radius 3 is 2.34 bits per heavy atom. The Balaban J connectivity index is 1.09. The third kappa shape index (κ3) is 4.87. The number of hydrogen-bond acceptors (Lipinski definition) is 6. The van der Waals surface area contributed by atoms with Gasteiger partial charge in [0.05, 0.1) is 0 Å². The van der Waals surface area contributed by atoms with Gasteiger partial charge in [0.2, 0.25) is 5.88 Å². The first kappa shape index (κ1) is 20.0. The quantitative estimate of drug-likeness (QED) is 0.460. The van der Waals surface area contributed by atoms with Gasteiger partial charge in [0.15, 0.2) is 0 Å². The van der Waals surface area contributed by atoms with Crippen LogP contribution in [0.15, 0.2) is 91.3 Å². The van der Waals surface area contributed by atoms with E-state index in [1.165, 1.54) is 5.56 Å². The number of nitrogens with zero attached hydrogens (tertiary/aromatic N) is 3. The van der Waals surface area contributed by atoms with Gasteiger partial charge < -0.3 is 15.2 Å². The second kappa shape index (κ2) is 9.08. The Kier molecular flexibility index (Phi) is 5.68. The van der Waals surface area contributed by atoms with E-state index in [9.17, 15) is 0 Å². The lowest BCUT2D eigenvalue weighted by molar-refractivity contribution is 0.0118. The fourth-order valence-corrected chi connectivity index (χ4v) is 3.69. The predicted molar refractivity (Wildman–Crippen MR) is 125 cm³/mol. The Morgan fingerprint density at radius 1 is 0.844 bits per heavy atom. The number of para-hydroxylation sites is 1. The van der Waals surface area contributed by atoms with Crippen LogP contribution in [0, 0.1) is 0 Å². The van der Waals surface area contributed by atoms with E-state index in [0.29, 0.717) is 11.7 Å². The zero-order chi connectivity index (χ0) is 21.8. The number of pyridine rings is 2. The lowest BCUT2D eigenvalue weighted by Crippen LogP contribution is -2.53. The molecule has 32 heavy (non-hydrogen) atoms. The van der Waals surface area contributed by atoms with Gasteiger partial charge in [-0.3, -0.25) is 4.90 Å². The van der Waals surface area contributed by atoms with Crippen molar-refractivity contribution >= 4 is 5.82 Å². The molecule has 2 N–H and O–H groups in total. The van der Waals surface area contributed by atoms with E-state index < -0.39 is 0 Å². The Hall–Kier alpha value is -3.90. The summed E-state index contributed by atoms with van der Waals surface area (Å²) in [6.45, 7) is 2.65. The molecule has 1 fully saturated rings. The number of anilines is 1. The molecule has 0 saturated carbocycles. The normalized spacial score (nSPS) is 14.0. The zero-order valence-electron chi connectivity index (χ0n) is 17.6. The first-order valence-corrected chi connectivity index (χ1v) is 10.6. The van der Waals surface area contributed by atoms with Crippen molar-refractivity contribution in [2.75, 3.05) is 18.8 Å². The first-order valence-electron chi connectivity index (χ1n) is 10.6. The van der Waals surface area contributed by atoms with Gasteiger partial charge >= 0.3 is 0 Å². The van der Waals surface area contributed by atoms with Crippen LogP contribution in [-0.2, 0) is 6.54 Å². The van der Waals surface area contributed by atoms with Crippen molar-refractivity contribution in [3.05, 3.63) is 96.8 Å². The second-order valence-electron chi connectivity index (χ2n) is 7.85. The van der Waals surface area contributed by atoms with E-state index in [4.69, 9.17) is 15.2 Å². The molecule has 0 radical (unpaired) electrons. The highest BCUT2D eigenvalue weighted by molar-refractivity contribution is 5.64. The molecule has 0 unspecified atom stereocenters. The Morgan fingerprint density at radius 2 is 1.62 bits per heavy atom. The summed E-state index contributed by atoms with van der Waals surface area (Å²) in [5, 5.41) is 0. The summed E-state index contributed by atoms with van der Waals surface area (Å²) in [6.07, 6.45) is 3.66. The van der Waals surface area contributed by atoms with Crippen molar-refractivity contribution in [1.29, 1.82) is 0 Å². The fourth-order valence-electron chi connectivity index (χ4n) is 3.69. The molecule has 5 rings (SSSR count). The Labute approximate surface area is 187 Å². The third-order valence-corrected chi connectivity index (χ3v) is 5.37. The molecule has 0 aliphatic carbocycles. The van der Waals surface area contributed by atoms with Crippen molar-refractivity contribution < 1.29 is 9.47 Å². The molecule has 6 nitrogen and oxygen atoms in total. The van der Waals surface area contributed by atoms with Crippen molar-refractivity contribution in [2.45, 2.75) is 12.6 Å². The largest absolute Gasteiger partial charge is 0.472 e. The number of hydrogen-bond donors (Lipinski definition) is 1. The summed E-state index contributed by atoms with van der Waals surface area (Å²) in [5.41, 5.74) is 8.99. The first-order chi connectivity index (χ1) is 15.7. The molecule has 4 aromatic rings.